The first kappa shape index (κ1) is 60.3. The zero-order valence-electron chi connectivity index (χ0n) is 56.1. The van der Waals surface area contributed by atoms with Crippen molar-refractivity contribution in [1.29, 1.82) is 0 Å². The summed E-state index contributed by atoms with van der Waals surface area (Å²) >= 11 is 0. The van der Waals surface area contributed by atoms with Gasteiger partial charge in [-0.2, -0.15) is 0 Å². The molecule has 10 aromatic rings. The first-order valence-corrected chi connectivity index (χ1v) is 34.2. The van der Waals surface area contributed by atoms with Crippen LogP contribution in [-0.4, -0.2) is 16.7 Å². The quantitative estimate of drug-likeness (QED) is 0.135. The second-order valence-corrected chi connectivity index (χ2v) is 31.2. The molecule has 91 heavy (non-hydrogen) atoms. The first-order chi connectivity index (χ1) is 43.6. The maximum absolute atomic E-state index is 5.93. The molecule has 14 rings (SSSR count). The fourth-order valence-corrected chi connectivity index (χ4v) is 15.1. The van der Waals surface area contributed by atoms with Gasteiger partial charge in [-0.05, 0) is 210 Å². The van der Waals surface area contributed by atoms with Gasteiger partial charge in [0, 0.05) is 50.8 Å². The lowest BCUT2D eigenvalue weighted by Gasteiger charge is -2.45. The molecule has 458 valence electrons. The fraction of sp³-hybridized carbons (Fsp3) is 0.326. The Kier molecular flexibility index (Phi) is 15.5. The van der Waals surface area contributed by atoms with Crippen molar-refractivity contribution in [1.82, 2.24) is 9.97 Å². The van der Waals surface area contributed by atoms with Crippen LogP contribution in [0.4, 0.5) is 34.1 Å². The molecule has 0 N–H and O–H groups in total. The van der Waals surface area contributed by atoms with Crippen molar-refractivity contribution in [3.8, 4) is 56.2 Å². The molecule has 0 bridgehead atoms. The van der Waals surface area contributed by atoms with Gasteiger partial charge in [-0.1, -0.05) is 243 Å². The number of anilines is 6. The number of fused-ring (bicyclic) bond motifs is 4. The Morgan fingerprint density at radius 2 is 0.670 bits per heavy atom. The standard InChI is InChI=1S/C86H91BN4/c1-83(2,3)67-45-64(46-68(53-67)84(4,5)6)75-55-76(89-82(88-75)66-47-69(85(7,8)9)54-70(48-66)86(10,11)12)65-51-79-81-80(52-65)91(72-41-35-61(36-42-72)57-27-19-14-20-28-57)78-50-63(59-31-23-16-24-32-59)38-44-74(78)87(81)73-43-37-62(58-29-21-15-22-30-58)49-77(73)90(79)71-39-33-60(34-40-71)56-25-17-13-18-26-56/h13-14,17-20,25-28,33-55,58-59H,15-16,21-24,29-32H2,1-12H3. The second kappa shape index (κ2) is 23.4. The highest BCUT2D eigenvalue weighted by molar-refractivity contribution is 7.00. The molecule has 9 aromatic carbocycles. The van der Waals surface area contributed by atoms with E-state index in [1.807, 2.05) is 0 Å². The summed E-state index contributed by atoms with van der Waals surface area (Å²) in [6.45, 7) is 27.9. The van der Waals surface area contributed by atoms with Crippen molar-refractivity contribution < 1.29 is 0 Å². The lowest BCUT2D eigenvalue weighted by Crippen LogP contribution is -2.61. The molecule has 2 aliphatic heterocycles. The summed E-state index contributed by atoms with van der Waals surface area (Å²) in [5.41, 5.74) is 28.7. The Hall–Kier alpha value is -8.28. The predicted molar refractivity (Wildman–Crippen MR) is 390 cm³/mol. The zero-order valence-corrected chi connectivity index (χ0v) is 56.1. The number of hydrogen-bond acceptors (Lipinski definition) is 4. The summed E-state index contributed by atoms with van der Waals surface area (Å²) in [4.78, 5) is 17.0. The Morgan fingerprint density at radius 1 is 0.319 bits per heavy atom. The molecule has 0 spiro atoms. The average Bonchev–Trinajstić information content (AvgIpc) is 0.698. The smallest absolute Gasteiger partial charge is 0.252 e. The van der Waals surface area contributed by atoms with Gasteiger partial charge < -0.3 is 9.80 Å². The predicted octanol–water partition coefficient (Wildman–Crippen LogP) is 22.2. The monoisotopic (exact) mass is 1190 g/mol. The summed E-state index contributed by atoms with van der Waals surface area (Å²) in [6.07, 6.45) is 12.7. The molecule has 0 saturated heterocycles. The van der Waals surface area contributed by atoms with E-state index in [0.717, 1.165) is 45.3 Å². The topological polar surface area (TPSA) is 32.3 Å². The van der Waals surface area contributed by atoms with E-state index in [0.29, 0.717) is 11.8 Å². The number of nitrogens with zero attached hydrogens (tertiary/aromatic N) is 4. The molecule has 3 heterocycles. The Balaban J connectivity index is 1.09. The highest BCUT2D eigenvalue weighted by Gasteiger charge is 2.45. The Labute approximate surface area is 544 Å². The van der Waals surface area contributed by atoms with E-state index in [-0.39, 0.29) is 28.4 Å². The molecule has 2 fully saturated rings. The van der Waals surface area contributed by atoms with Crippen molar-refractivity contribution in [3.63, 3.8) is 0 Å². The molecule has 0 amide bonds. The maximum Gasteiger partial charge on any atom is 0.252 e. The Morgan fingerprint density at radius 3 is 1.04 bits per heavy atom. The van der Waals surface area contributed by atoms with Crippen LogP contribution < -0.4 is 26.2 Å². The van der Waals surface area contributed by atoms with Crippen LogP contribution in [0.3, 0.4) is 0 Å². The highest BCUT2D eigenvalue weighted by atomic mass is 15.2. The Bertz CT molecular complexity index is 3990. The minimum Gasteiger partial charge on any atom is -0.311 e. The van der Waals surface area contributed by atoms with Crippen LogP contribution in [0.1, 0.15) is 193 Å². The number of rotatable bonds is 9. The van der Waals surface area contributed by atoms with Crippen molar-refractivity contribution in [3.05, 3.63) is 234 Å². The van der Waals surface area contributed by atoms with E-state index in [2.05, 4.69) is 293 Å². The van der Waals surface area contributed by atoms with Crippen LogP contribution >= 0.6 is 0 Å². The van der Waals surface area contributed by atoms with E-state index < -0.39 is 0 Å². The fourth-order valence-electron chi connectivity index (χ4n) is 15.1. The van der Waals surface area contributed by atoms with Crippen molar-refractivity contribution in [2.45, 2.75) is 181 Å². The summed E-state index contributed by atoms with van der Waals surface area (Å²) in [6, 6.07) is 77.6. The minimum absolute atomic E-state index is 0.0343. The maximum atomic E-state index is 5.93. The van der Waals surface area contributed by atoms with Crippen LogP contribution in [0.25, 0.3) is 56.2 Å². The summed E-state index contributed by atoms with van der Waals surface area (Å²) in [5, 5.41) is 0. The van der Waals surface area contributed by atoms with Crippen LogP contribution in [0.15, 0.2) is 200 Å². The molecule has 4 nitrogen and oxygen atoms in total. The zero-order chi connectivity index (χ0) is 63.1. The minimum atomic E-state index is -0.109. The van der Waals surface area contributed by atoms with Gasteiger partial charge in [0.15, 0.2) is 5.82 Å². The number of benzene rings is 9. The van der Waals surface area contributed by atoms with E-state index in [1.165, 1.54) is 159 Å². The molecule has 0 atom stereocenters. The van der Waals surface area contributed by atoms with E-state index >= 15 is 0 Å². The molecule has 1 aromatic heterocycles. The first-order valence-electron chi connectivity index (χ1n) is 34.2. The average molecular weight is 1190 g/mol. The highest BCUT2D eigenvalue weighted by Crippen LogP contribution is 2.49. The van der Waals surface area contributed by atoms with Gasteiger partial charge in [0.2, 0.25) is 0 Å². The lowest BCUT2D eigenvalue weighted by molar-refractivity contribution is 0.444. The van der Waals surface area contributed by atoms with Gasteiger partial charge in [0.1, 0.15) is 0 Å². The molecule has 2 saturated carbocycles. The molecular weight excluding hydrogens is 1100 g/mol. The van der Waals surface area contributed by atoms with E-state index in [4.69, 9.17) is 9.97 Å². The van der Waals surface area contributed by atoms with Gasteiger partial charge >= 0.3 is 0 Å². The largest absolute Gasteiger partial charge is 0.311 e. The molecule has 2 aliphatic carbocycles. The number of aromatic nitrogens is 2. The van der Waals surface area contributed by atoms with Crippen LogP contribution in [0, 0.1) is 0 Å². The van der Waals surface area contributed by atoms with Crippen LogP contribution in [-0.2, 0) is 21.7 Å². The van der Waals surface area contributed by atoms with Crippen molar-refractivity contribution in [2.75, 3.05) is 9.80 Å². The van der Waals surface area contributed by atoms with Gasteiger partial charge in [0.05, 0.1) is 11.4 Å². The van der Waals surface area contributed by atoms with Gasteiger partial charge in [-0.25, -0.2) is 9.97 Å². The summed E-state index contributed by atoms with van der Waals surface area (Å²) in [7, 11) is 0. The van der Waals surface area contributed by atoms with E-state index in [1.54, 1.807) is 0 Å². The molecule has 5 heteroatoms. The third kappa shape index (κ3) is 11.8. The normalized spacial score (nSPS) is 15.5. The van der Waals surface area contributed by atoms with Gasteiger partial charge in [-0.3, -0.25) is 0 Å². The molecular formula is C86H91BN4. The van der Waals surface area contributed by atoms with E-state index in [9.17, 15) is 0 Å². The summed E-state index contributed by atoms with van der Waals surface area (Å²) in [5.74, 6) is 1.79. The molecule has 0 radical (unpaired) electrons. The lowest BCUT2D eigenvalue weighted by atomic mass is 9.33. The van der Waals surface area contributed by atoms with Crippen molar-refractivity contribution in [2.24, 2.45) is 0 Å². The van der Waals surface area contributed by atoms with Gasteiger partial charge in [0.25, 0.3) is 6.71 Å². The molecule has 4 aliphatic rings. The third-order valence-corrected chi connectivity index (χ3v) is 20.6. The SMILES string of the molecule is CC(C)(C)c1cc(-c2cc(-c3cc4c5c(c3)N(c3ccc(-c6ccccc6)cc3)c3cc(C6CCCCC6)ccc3B5c3ccc(C5CCCCC5)cc3N4c3ccc(-c4ccccc4)cc3)nc(-c3cc(C(C)(C)C)cc(C(C)(C)C)c3)n2)cc(C(C)(C)C)c1. The van der Waals surface area contributed by atoms with Crippen LogP contribution in [0.5, 0.6) is 0 Å². The summed E-state index contributed by atoms with van der Waals surface area (Å²) < 4.78 is 0. The van der Waals surface area contributed by atoms with Crippen molar-refractivity contribution >= 4 is 57.2 Å². The van der Waals surface area contributed by atoms with Gasteiger partial charge in [-0.15, -0.1) is 0 Å². The van der Waals surface area contributed by atoms with Crippen LogP contribution in [0.2, 0.25) is 0 Å². The second-order valence-electron chi connectivity index (χ2n) is 31.2. The molecule has 0 unspecified atom stereocenters. The number of hydrogen-bond donors (Lipinski definition) is 0. The third-order valence-electron chi connectivity index (χ3n) is 20.6.